The van der Waals surface area contributed by atoms with Gasteiger partial charge >= 0.3 is 0 Å². The summed E-state index contributed by atoms with van der Waals surface area (Å²) in [5, 5.41) is 3.21. The highest BCUT2D eigenvalue weighted by atomic mass is 79.9. The van der Waals surface area contributed by atoms with E-state index < -0.39 is 0 Å². The Morgan fingerprint density at radius 1 is 1.00 bits per heavy atom. The molecule has 4 nitrogen and oxygen atoms in total. The lowest BCUT2D eigenvalue weighted by Gasteiger charge is -2.18. The molecule has 3 rings (SSSR count). The zero-order chi connectivity index (χ0) is 15.4. The number of aromatic nitrogens is 2. The molecule has 0 spiro atoms. The van der Waals surface area contributed by atoms with Crippen LogP contribution in [0.15, 0.2) is 71.3 Å². The second kappa shape index (κ2) is 6.58. The van der Waals surface area contributed by atoms with Gasteiger partial charge in [0.15, 0.2) is 0 Å². The third-order valence-electron chi connectivity index (χ3n) is 3.21. The lowest BCUT2D eigenvalue weighted by atomic mass is 10.3. The quantitative estimate of drug-likeness (QED) is 0.733. The van der Waals surface area contributed by atoms with Gasteiger partial charge in [0, 0.05) is 29.1 Å². The molecular weight excluding hydrogens is 340 g/mol. The van der Waals surface area contributed by atoms with E-state index in [1.54, 1.807) is 6.20 Å². The number of nitrogens with one attached hydrogen (secondary N) is 1. The van der Waals surface area contributed by atoms with Gasteiger partial charge in [-0.05, 0) is 36.4 Å². The normalized spacial score (nSPS) is 10.3. The minimum absolute atomic E-state index is 0.568. The van der Waals surface area contributed by atoms with E-state index in [2.05, 4.69) is 31.2 Å². The molecule has 0 unspecified atom stereocenters. The molecule has 0 saturated heterocycles. The largest absolute Gasteiger partial charge is 0.329 e. The van der Waals surface area contributed by atoms with Crippen LogP contribution in [0.2, 0.25) is 0 Å². The van der Waals surface area contributed by atoms with E-state index >= 15 is 0 Å². The van der Waals surface area contributed by atoms with E-state index in [1.165, 1.54) is 0 Å². The second-order valence-corrected chi connectivity index (χ2v) is 5.68. The number of benzene rings is 2. The van der Waals surface area contributed by atoms with Gasteiger partial charge in [0.2, 0.25) is 5.95 Å². The first-order valence-electron chi connectivity index (χ1n) is 6.87. The molecule has 2 aromatic carbocycles. The number of halogens is 1. The van der Waals surface area contributed by atoms with Crippen LogP contribution in [0.1, 0.15) is 0 Å². The molecule has 1 N–H and O–H groups in total. The summed E-state index contributed by atoms with van der Waals surface area (Å²) >= 11 is 3.45. The summed E-state index contributed by atoms with van der Waals surface area (Å²) in [5.74, 6) is 1.40. The Kier molecular flexibility index (Phi) is 4.34. The molecule has 0 saturated carbocycles. The molecule has 0 radical (unpaired) electrons. The van der Waals surface area contributed by atoms with Gasteiger partial charge in [-0.1, -0.05) is 40.2 Å². The van der Waals surface area contributed by atoms with Crippen LogP contribution in [-0.4, -0.2) is 17.0 Å². The minimum atomic E-state index is 0.568. The van der Waals surface area contributed by atoms with Crippen LogP contribution in [0.25, 0.3) is 0 Å². The molecule has 0 aliphatic heterocycles. The number of nitrogens with zero attached hydrogens (tertiary/aromatic N) is 3. The molecule has 0 aliphatic carbocycles. The van der Waals surface area contributed by atoms with Gasteiger partial charge < -0.3 is 10.2 Å². The Balaban J connectivity index is 1.83. The Bertz CT molecular complexity index is 761. The summed E-state index contributed by atoms with van der Waals surface area (Å²) in [4.78, 5) is 10.9. The Morgan fingerprint density at radius 2 is 1.82 bits per heavy atom. The van der Waals surface area contributed by atoms with Gasteiger partial charge in [-0.3, -0.25) is 0 Å². The van der Waals surface area contributed by atoms with E-state index in [1.807, 2.05) is 72.6 Å². The predicted octanol–water partition coefficient (Wildman–Crippen LogP) is 4.75. The number of hydrogen-bond acceptors (Lipinski definition) is 4. The molecule has 0 amide bonds. The SMILES string of the molecule is CN(c1ccccc1)c1ccnc(Nc2cccc(Br)c2)n1. The fraction of sp³-hybridized carbons (Fsp3) is 0.0588. The highest BCUT2D eigenvalue weighted by Crippen LogP contribution is 2.23. The Morgan fingerprint density at radius 3 is 2.59 bits per heavy atom. The van der Waals surface area contributed by atoms with E-state index in [9.17, 15) is 0 Å². The maximum Gasteiger partial charge on any atom is 0.229 e. The molecule has 5 heteroatoms. The Labute approximate surface area is 138 Å². The summed E-state index contributed by atoms with van der Waals surface area (Å²) in [6.45, 7) is 0. The van der Waals surface area contributed by atoms with Crippen molar-refractivity contribution in [3.63, 3.8) is 0 Å². The van der Waals surface area contributed by atoms with Crippen molar-refractivity contribution in [3.8, 4) is 0 Å². The number of rotatable bonds is 4. The Hall–Kier alpha value is -2.40. The van der Waals surface area contributed by atoms with Gasteiger partial charge in [-0.15, -0.1) is 0 Å². The van der Waals surface area contributed by atoms with Crippen molar-refractivity contribution in [3.05, 3.63) is 71.3 Å². The van der Waals surface area contributed by atoms with Gasteiger partial charge in [0.25, 0.3) is 0 Å². The average molecular weight is 355 g/mol. The van der Waals surface area contributed by atoms with Crippen molar-refractivity contribution in [1.29, 1.82) is 0 Å². The summed E-state index contributed by atoms with van der Waals surface area (Å²) < 4.78 is 1.01. The molecule has 0 bridgehead atoms. The molecule has 22 heavy (non-hydrogen) atoms. The van der Waals surface area contributed by atoms with Crippen molar-refractivity contribution in [2.24, 2.45) is 0 Å². The minimum Gasteiger partial charge on any atom is -0.329 e. The fourth-order valence-electron chi connectivity index (χ4n) is 2.08. The summed E-state index contributed by atoms with van der Waals surface area (Å²) in [6, 6.07) is 19.9. The van der Waals surface area contributed by atoms with E-state index in [0.29, 0.717) is 5.95 Å². The monoisotopic (exact) mass is 354 g/mol. The third-order valence-corrected chi connectivity index (χ3v) is 3.70. The molecular formula is C17H15BrN4. The van der Waals surface area contributed by atoms with Crippen LogP contribution in [0.5, 0.6) is 0 Å². The number of hydrogen-bond donors (Lipinski definition) is 1. The standard InChI is InChI=1S/C17H15BrN4/c1-22(15-8-3-2-4-9-15)16-10-11-19-17(21-16)20-14-7-5-6-13(18)12-14/h2-12H,1H3,(H,19,20,21). The van der Waals surface area contributed by atoms with Crippen molar-refractivity contribution < 1.29 is 0 Å². The van der Waals surface area contributed by atoms with Crippen LogP contribution >= 0.6 is 15.9 Å². The van der Waals surface area contributed by atoms with Gasteiger partial charge in [0.05, 0.1) is 0 Å². The molecule has 0 fully saturated rings. The molecule has 1 aromatic heterocycles. The smallest absolute Gasteiger partial charge is 0.229 e. The molecule has 1 heterocycles. The zero-order valence-corrected chi connectivity index (χ0v) is 13.7. The van der Waals surface area contributed by atoms with Gasteiger partial charge in [0.1, 0.15) is 5.82 Å². The second-order valence-electron chi connectivity index (χ2n) is 4.77. The van der Waals surface area contributed by atoms with Crippen LogP contribution in [0.4, 0.5) is 23.1 Å². The maximum atomic E-state index is 4.56. The van der Waals surface area contributed by atoms with Crippen molar-refractivity contribution >= 4 is 39.1 Å². The number of anilines is 4. The van der Waals surface area contributed by atoms with E-state index in [4.69, 9.17) is 0 Å². The fourth-order valence-corrected chi connectivity index (χ4v) is 2.47. The summed E-state index contributed by atoms with van der Waals surface area (Å²) in [5.41, 5.74) is 2.02. The van der Waals surface area contributed by atoms with Gasteiger partial charge in [-0.25, -0.2) is 4.98 Å². The summed E-state index contributed by atoms with van der Waals surface area (Å²) in [7, 11) is 1.99. The average Bonchev–Trinajstić information content (AvgIpc) is 2.55. The van der Waals surface area contributed by atoms with Crippen molar-refractivity contribution in [2.75, 3.05) is 17.3 Å². The number of para-hydroxylation sites is 1. The highest BCUT2D eigenvalue weighted by Gasteiger charge is 2.06. The van der Waals surface area contributed by atoms with Crippen molar-refractivity contribution in [2.45, 2.75) is 0 Å². The van der Waals surface area contributed by atoms with Crippen LogP contribution < -0.4 is 10.2 Å². The third kappa shape index (κ3) is 3.43. The van der Waals surface area contributed by atoms with Gasteiger partial charge in [-0.2, -0.15) is 4.98 Å². The molecule has 110 valence electrons. The molecule has 0 atom stereocenters. The maximum absolute atomic E-state index is 4.56. The van der Waals surface area contributed by atoms with E-state index in [-0.39, 0.29) is 0 Å². The first kappa shape index (κ1) is 14.5. The van der Waals surface area contributed by atoms with Crippen molar-refractivity contribution in [1.82, 2.24) is 9.97 Å². The first-order valence-corrected chi connectivity index (χ1v) is 7.66. The first-order chi connectivity index (χ1) is 10.7. The lowest BCUT2D eigenvalue weighted by molar-refractivity contribution is 1.08. The lowest BCUT2D eigenvalue weighted by Crippen LogP contribution is -2.12. The van der Waals surface area contributed by atoms with Crippen LogP contribution in [-0.2, 0) is 0 Å². The van der Waals surface area contributed by atoms with Crippen LogP contribution in [0.3, 0.4) is 0 Å². The zero-order valence-electron chi connectivity index (χ0n) is 12.1. The highest BCUT2D eigenvalue weighted by molar-refractivity contribution is 9.10. The predicted molar refractivity (Wildman–Crippen MR) is 94.0 cm³/mol. The van der Waals surface area contributed by atoms with E-state index in [0.717, 1.165) is 21.7 Å². The topological polar surface area (TPSA) is 41.1 Å². The molecule has 0 aliphatic rings. The molecule has 3 aromatic rings. The summed E-state index contributed by atoms with van der Waals surface area (Å²) in [6.07, 6.45) is 1.75. The van der Waals surface area contributed by atoms with Crippen LogP contribution in [0, 0.1) is 0 Å².